The van der Waals surface area contributed by atoms with E-state index in [4.69, 9.17) is 0 Å². The van der Waals surface area contributed by atoms with E-state index in [1.165, 1.54) is 0 Å². The van der Waals surface area contributed by atoms with Crippen LogP contribution in [0.4, 0.5) is 0 Å². The second-order valence-electron chi connectivity index (χ2n) is 0.988. The monoisotopic (exact) mass is 334 g/mol. The molecule has 0 amide bonds. The molecule has 1 aliphatic rings. The largest absolute Gasteiger partial charge is 0 e. The normalized spacial score (nSPS) is 13.4. The Balaban J connectivity index is 0.000000360. The number of hydrogen-bond acceptors (Lipinski definition) is 1. The summed E-state index contributed by atoms with van der Waals surface area (Å²) in [7, 11) is 0. The zero-order valence-corrected chi connectivity index (χ0v) is 7.87. The summed E-state index contributed by atoms with van der Waals surface area (Å²) < 4.78 is 3.24. The number of carbonyl (C=O) groups excluding carboxylic acids is 1. The molecule has 0 atom stereocenters. The Morgan fingerprint density at radius 1 is 1.71 bits per heavy atom. The number of rotatable bonds is 1. The van der Waals surface area contributed by atoms with Crippen molar-refractivity contribution in [2.45, 2.75) is 0 Å². The molecule has 0 unspecified atom stereocenters. The Labute approximate surface area is 63.1 Å². The first-order valence-electron chi connectivity index (χ1n) is 1.63. The SMILES string of the molecule is O=C[C]1=[Bi][CH]=C1.[Ni]. The molecule has 0 saturated heterocycles. The fourth-order valence-electron chi connectivity index (χ4n) is 0.230. The quantitative estimate of drug-likeness (QED) is 0.470. The standard InChI is InChI=1S/C4H3O.Bi.Ni/c1-2-3-4-5;;/h1-2,4H;;. The molecule has 0 bridgehead atoms. The van der Waals surface area contributed by atoms with Gasteiger partial charge in [-0.15, -0.1) is 0 Å². The number of hydrogen-bond donors (Lipinski definition) is 0. The van der Waals surface area contributed by atoms with Crippen molar-refractivity contribution >= 4 is 32.2 Å². The van der Waals surface area contributed by atoms with Crippen LogP contribution in [0.5, 0.6) is 0 Å². The van der Waals surface area contributed by atoms with Gasteiger partial charge in [0.15, 0.2) is 0 Å². The summed E-state index contributed by atoms with van der Waals surface area (Å²) in [6.45, 7) is 0. The van der Waals surface area contributed by atoms with Gasteiger partial charge in [-0.05, 0) is 0 Å². The van der Waals surface area contributed by atoms with E-state index in [-0.39, 0.29) is 16.5 Å². The first-order valence-corrected chi connectivity index (χ1v) is 5.37. The van der Waals surface area contributed by atoms with Gasteiger partial charge in [-0.2, -0.15) is 0 Å². The smallest absolute Gasteiger partial charge is 0 e. The van der Waals surface area contributed by atoms with Gasteiger partial charge in [-0.1, -0.05) is 0 Å². The van der Waals surface area contributed by atoms with E-state index in [2.05, 4.69) is 3.78 Å². The molecule has 0 spiro atoms. The zero-order valence-electron chi connectivity index (χ0n) is 3.40. The summed E-state index contributed by atoms with van der Waals surface area (Å²) >= 11 is -0.410. The second-order valence-corrected chi connectivity index (χ2v) is 5.16. The van der Waals surface area contributed by atoms with Gasteiger partial charge in [0.05, 0.1) is 0 Å². The third-order valence-electron chi connectivity index (χ3n) is 0.590. The zero-order chi connectivity index (χ0) is 4.41. The van der Waals surface area contributed by atoms with Crippen LogP contribution in [0.15, 0.2) is 9.86 Å². The van der Waals surface area contributed by atoms with Crippen molar-refractivity contribution in [1.29, 1.82) is 0 Å². The molecule has 1 nitrogen and oxygen atoms in total. The van der Waals surface area contributed by atoms with E-state index in [0.717, 1.165) is 9.49 Å². The number of carbonyl (C=O) groups is 1. The molecule has 1 rings (SSSR count). The summed E-state index contributed by atoms with van der Waals surface area (Å²) in [5.41, 5.74) is 0. The second kappa shape index (κ2) is 3.63. The molecule has 7 heavy (non-hydrogen) atoms. The van der Waals surface area contributed by atoms with Gasteiger partial charge in [0.2, 0.25) is 0 Å². The molecule has 0 radical (unpaired) electrons. The van der Waals surface area contributed by atoms with E-state index < -0.39 is 22.8 Å². The Bertz CT molecular complexity index is 124. The fourth-order valence-corrected chi connectivity index (χ4v) is 1.72. The molecule has 0 aliphatic carbocycles. The average molecular weight is 335 g/mol. The van der Waals surface area contributed by atoms with E-state index in [1.54, 1.807) is 0 Å². The van der Waals surface area contributed by atoms with Crippen molar-refractivity contribution in [2.24, 2.45) is 0 Å². The Hall–Kier alpha value is 0.657. The molecule has 40 valence electrons. The first-order chi connectivity index (χ1) is 2.93. The molecule has 0 saturated carbocycles. The molecule has 3 heteroatoms. The minimum Gasteiger partial charge on any atom is 0 e. The van der Waals surface area contributed by atoms with Gasteiger partial charge in [0, 0.05) is 16.5 Å². The summed E-state index contributed by atoms with van der Waals surface area (Å²) in [5, 5.41) is 0. The van der Waals surface area contributed by atoms with Gasteiger partial charge < -0.3 is 0 Å². The topological polar surface area (TPSA) is 17.1 Å². The van der Waals surface area contributed by atoms with Crippen LogP contribution < -0.4 is 0 Å². The number of aldehydes is 1. The van der Waals surface area contributed by atoms with Crippen LogP contribution in [0.25, 0.3) is 0 Å². The minimum absolute atomic E-state index is 0. The summed E-state index contributed by atoms with van der Waals surface area (Å²) in [4.78, 5) is 9.74. The van der Waals surface area contributed by atoms with Gasteiger partial charge in [0.25, 0.3) is 0 Å². The minimum atomic E-state index is -0.410. The molecule has 1 aliphatic heterocycles. The van der Waals surface area contributed by atoms with Crippen molar-refractivity contribution in [2.75, 3.05) is 0 Å². The van der Waals surface area contributed by atoms with Crippen molar-refractivity contribution in [1.82, 2.24) is 0 Å². The van der Waals surface area contributed by atoms with Crippen LogP contribution >= 0.6 is 0 Å². The average Bonchev–Trinajstić information content (AvgIpc) is 1.31. The van der Waals surface area contributed by atoms with Crippen molar-refractivity contribution in [3.63, 3.8) is 0 Å². The van der Waals surface area contributed by atoms with Crippen molar-refractivity contribution in [3.8, 4) is 0 Å². The van der Waals surface area contributed by atoms with Crippen molar-refractivity contribution < 1.29 is 21.3 Å². The third kappa shape index (κ3) is 1.93. The van der Waals surface area contributed by atoms with E-state index >= 15 is 0 Å². The molecule has 0 N–H and O–H groups in total. The molecular formula is C4H3BiNiO. The van der Waals surface area contributed by atoms with E-state index in [9.17, 15) is 4.79 Å². The maximum Gasteiger partial charge on any atom is 0 e. The predicted octanol–water partition coefficient (Wildman–Crippen LogP) is -0.413. The maximum atomic E-state index is 9.74. The Morgan fingerprint density at radius 3 is 2.29 bits per heavy atom. The Kier molecular flexibility index (Phi) is 3.97. The first kappa shape index (κ1) is 7.66. The van der Waals surface area contributed by atoms with Crippen LogP contribution in [0, 0.1) is 0 Å². The van der Waals surface area contributed by atoms with Crippen LogP contribution in [0.2, 0.25) is 0 Å². The molecular weight excluding hydrogens is 332 g/mol. The third-order valence-corrected chi connectivity index (χ3v) is 3.90. The summed E-state index contributed by atoms with van der Waals surface area (Å²) in [6.07, 6.45) is 2.88. The van der Waals surface area contributed by atoms with Gasteiger partial charge >= 0.3 is 46.9 Å². The molecule has 0 aromatic carbocycles. The van der Waals surface area contributed by atoms with Gasteiger partial charge in [-0.25, -0.2) is 0 Å². The predicted molar refractivity (Wildman–Crippen MR) is 26.0 cm³/mol. The van der Waals surface area contributed by atoms with E-state index in [1.807, 2.05) is 6.08 Å². The molecule has 0 fully saturated rings. The fraction of sp³-hybridized carbons (Fsp3) is 0. The number of allylic oxidation sites excluding steroid dienone is 1. The summed E-state index contributed by atoms with van der Waals surface area (Å²) in [6, 6.07) is 0. The van der Waals surface area contributed by atoms with Gasteiger partial charge in [-0.3, -0.25) is 0 Å². The van der Waals surface area contributed by atoms with E-state index in [0.29, 0.717) is 0 Å². The van der Waals surface area contributed by atoms with Gasteiger partial charge in [0.1, 0.15) is 0 Å². The van der Waals surface area contributed by atoms with Crippen molar-refractivity contribution in [3.05, 3.63) is 9.86 Å². The van der Waals surface area contributed by atoms with Crippen LogP contribution in [-0.2, 0) is 21.3 Å². The molecule has 0 aromatic heterocycles. The molecule has 0 aromatic rings. The summed E-state index contributed by atoms with van der Waals surface area (Å²) in [5.74, 6) is 0. The van der Waals surface area contributed by atoms with Crippen LogP contribution in [0.1, 0.15) is 0 Å². The maximum absolute atomic E-state index is 9.74. The molecule has 1 heterocycles. The van der Waals surface area contributed by atoms with Crippen LogP contribution in [-0.4, -0.2) is 32.2 Å². The van der Waals surface area contributed by atoms with Crippen LogP contribution in [0.3, 0.4) is 0 Å². The Morgan fingerprint density at radius 2 is 2.29 bits per heavy atom.